The van der Waals surface area contributed by atoms with Crippen LogP contribution in [0.4, 0.5) is 5.95 Å². The molecular formula is C9H9N5S. The standard InChI is InChI=1S/C9H9N5S/c1-5-7(6-4-11-8(10)13-6)14-2-3-15-9(14)12-5/h2-4H,1H3,(H3,10,11,13). The highest BCUT2D eigenvalue weighted by molar-refractivity contribution is 7.15. The van der Waals surface area contributed by atoms with Gasteiger partial charge in [0.1, 0.15) is 0 Å². The number of nitrogens with one attached hydrogen (secondary N) is 1. The number of fused-ring (bicyclic) bond motifs is 1. The molecule has 3 aromatic heterocycles. The highest BCUT2D eigenvalue weighted by atomic mass is 32.1. The largest absolute Gasteiger partial charge is 0.369 e. The minimum atomic E-state index is 0.426. The molecule has 0 bridgehead atoms. The number of anilines is 1. The first-order valence-corrected chi connectivity index (χ1v) is 5.36. The molecule has 0 saturated heterocycles. The Bertz CT molecular complexity index is 617. The molecule has 0 aromatic carbocycles. The molecule has 0 fully saturated rings. The molecule has 0 radical (unpaired) electrons. The van der Waals surface area contributed by atoms with Crippen molar-refractivity contribution in [2.45, 2.75) is 6.92 Å². The van der Waals surface area contributed by atoms with E-state index < -0.39 is 0 Å². The van der Waals surface area contributed by atoms with E-state index in [0.29, 0.717) is 5.95 Å². The number of hydrogen-bond acceptors (Lipinski definition) is 4. The first-order chi connectivity index (χ1) is 7.25. The second-order valence-corrected chi connectivity index (χ2v) is 4.16. The summed E-state index contributed by atoms with van der Waals surface area (Å²) in [6.45, 7) is 1.98. The predicted octanol–water partition coefficient (Wildman–Crippen LogP) is 1.68. The Morgan fingerprint density at radius 1 is 1.53 bits per heavy atom. The maximum absolute atomic E-state index is 5.56. The van der Waals surface area contributed by atoms with Gasteiger partial charge in [-0.25, -0.2) is 9.97 Å². The van der Waals surface area contributed by atoms with Crippen LogP contribution in [0.15, 0.2) is 17.8 Å². The fraction of sp³-hybridized carbons (Fsp3) is 0.111. The molecule has 0 aliphatic carbocycles. The lowest BCUT2D eigenvalue weighted by molar-refractivity contribution is 1.20. The number of hydrogen-bond donors (Lipinski definition) is 2. The van der Waals surface area contributed by atoms with Gasteiger partial charge in [-0.15, -0.1) is 11.3 Å². The Kier molecular flexibility index (Phi) is 1.60. The van der Waals surface area contributed by atoms with E-state index in [1.807, 2.05) is 22.9 Å². The zero-order chi connectivity index (χ0) is 10.4. The number of thiazole rings is 1. The number of nitrogen functional groups attached to an aromatic ring is 1. The number of imidazole rings is 2. The van der Waals surface area contributed by atoms with Crippen molar-refractivity contribution in [1.29, 1.82) is 0 Å². The van der Waals surface area contributed by atoms with Crippen molar-refractivity contribution in [3.8, 4) is 11.4 Å². The van der Waals surface area contributed by atoms with Gasteiger partial charge in [-0.1, -0.05) is 0 Å². The van der Waals surface area contributed by atoms with Gasteiger partial charge in [0, 0.05) is 11.6 Å². The fourth-order valence-electron chi connectivity index (χ4n) is 1.68. The van der Waals surface area contributed by atoms with Crippen molar-refractivity contribution >= 4 is 22.2 Å². The van der Waals surface area contributed by atoms with E-state index in [4.69, 9.17) is 5.73 Å². The lowest BCUT2D eigenvalue weighted by Gasteiger charge is -1.95. The van der Waals surface area contributed by atoms with Gasteiger partial charge >= 0.3 is 0 Å². The van der Waals surface area contributed by atoms with Crippen LogP contribution in [0.3, 0.4) is 0 Å². The van der Waals surface area contributed by atoms with Gasteiger partial charge in [0.25, 0.3) is 0 Å². The van der Waals surface area contributed by atoms with Crippen LogP contribution in [0.2, 0.25) is 0 Å². The topological polar surface area (TPSA) is 72.0 Å². The third-order valence-corrected chi connectivity index (χ3v) is 3.04. The fourth-order valence-corrected chi connectivity index (χ4v) is 2.44. The van der Waals surface area contributed by atoms with E-state index in [0.717, 1.165) is 22.0 Å². The number of aromatic nitrogens is 4. The van der Waals surface area contributed by atoms with E-state index in [1.54, 1.807) is 17.5 Å². The Hall–Kier alpha value is -1.82. The molecule has 6 heteroatoms. The first-order valence-electron chi connectivity index (χ1n) is 4.48. The van der Waals surface area contributed by atoms with Crippen molar-refractivity contribution < 1.29 is 0 Å². The third kappa shape index (κ3) is 1.15. The van der Waals surface area contributed by atoms with Crippen LogP contribution in [0.25, 0.3) is 16.3 Å². The Morgan fingerprint density at radius 2 is 2.40 bits per heavy atom. The van der Waals surface area contributed by atoms with Crippen molar-refractivity contribution in [2.75, 3.05) is 5.73 Å². The van der Waals surface area contributed by atoms with Gasteiger partial charge in [0.2, 0.25) is 0 Å². The van der Waals surface area contributed by atoms with Gasteiger partial charge in [-0.3, -0.25) is 4.40 Å². The first kappa shape index (κ1) is 8.49. The molecule has 0 aliphatic heterocycles. The number of rotatable bonds is 1. The summed E-state index contributed by atoms with van der Waals surface area (Å²) in [7, 11) is 0. The summed E-state index contributed by atoms with van der Waals surface area (Å²) in [5.41, 5.74) is 8.46. The predicted molar refractivity (Wildman–Crippen MR) is 59.8 cm³/mol. The van der Waals surface area contributed by atoms with Crippen LogP contribution in [0, 0.1) is 6.92 Å². The smallest absolute Gasteiger partial charge is 0.197 e. The van der Waals surface area contributed by atoms with E-state index in [2.05, 4.69) is 15.0 Å². The summed E-state index contributed by atoms with van der Waals surface area (Å²) in [4.78, 5) is 12.4. The highest BCUT2D eigenvalue weighted by Crippen LogP contribution is 2.25. The summed E-state index contributed by atoms with van der Waals surface area (Å²) < 4.78 is 2.03. The molecule has 3 aromatic rings. The molecule has 3 heterocycles. The van der Waals surface area contributed by atoms with Crippen LogP contribution in [0.1, 0.15) is 5.69 Å². The Morgan fingerprint density at radius 3 is 3.13 bits per heavy atom. The van der Waals surface area contributed by atoms with Gasteiger partial charge in [0.15, 0.2) is 10.9 Å². The molecule has 76 valence electrons. The van der Waals surface area contributed by atoms with Gasteiger partial charge < -0.3 is 10.7 Å². The van der Waals surface area contributed by atoms with Crippen LogP contribution in [-0.2, 0) is 0 Å². The van der Waals surface area contributed by atoms with Crippen LogP contribution >= 0.6 is 11.3 Å². The molecular weight excluding hydrogens is 210 g/mol. The monoisotopic (exact) mass is 219 g/mol. The quantitative estimate of drug-likeness (QED) is 0.654. The van der Waals surface area contributed by atoms with Crippen molar-refractivity contribution in [3.63, 3.8) is 0 Å². The Balaban J connectivity index is 2.33. The summed E-state index contributed by atoms with van der Waals surface area (Å²) in [6.07, 6.45) is 3.72. The van der Waals surface area contributed by atoms with Gasteiger partial charge in [-0.2, -0.15) is 0 Å². The highest BCUT2D eigenvalue weighted by Gasteiger charge is 2.13. The number of nitrogens with two attached hydrogens (primary N) is 1. The lowest BCUT2D eigenvalue weighted by atomic mass is 10.3. The summed E-state index contributed by atoms with van der Waals surface area (Å²) in [5, 5.41) is 2.00. The maximum atomic E-state index is 5.56. The molecule has 5 nitrogen and oxygen atoms in total. The third-order valence-electron chi connectivity index (χ3n) is 2.29. The van der Waals surface area contributed by atoms with E-state index in [1.165, 1.54) is 0 Å². The van der Waals surface area contributed by atoms with E-state index in [9.17, 15) is 0 Å². The van der Waals surface area contributed by atoms with Crippen LogP contribution in [-0.4, -0.2) is 19.4 Å². The summed E-state index contributed by atoms with van der Waals surface area (Å²) in [6, 6.07) is 0. The summed E-state index contributed by atoms with van der Waals surface area (Å²) in [5.74, 6) is 0.426. The SMILES string of the molecule is Cc1nc2sccn2c1-c1cnc(N)[nH]1. The molecule has 0 saturated carbocycles. The number of nitrogens with zero attached hydrogens (tertiary/aromatic N) is 3. The second-order valence-electron chi connectivity index (χ2n) is 3.28. The van der Waals surface area contributed by atoms with Crippen LogP contribution in [0.5, 0.6) is 0 Å². The molecule has 0 atom stereocenters. The molecule has 15 heavy (non-hydrogen) atoms. The zero-order valence-corrected chi connectivity index (χ0v) is 8.88. The molecule has 0 unspecified atom stereocenters. The summed E-state index contributed by atoms with van der Waals surface area (Å²) >= 11 is 1.61. The minimum Gasteiger partial charge on any atom is -0.369 e. The van der Waals surface area contributed by atoms with E-state index in [-0.39, 0.29) is 0 Å². The van der Waals surface area contributed by atoms with Gasteiger partial charge in [-0.05, 0) is 6.92 Å². The number of aromatic amines is 1. The lowest BCUT2D eigenvalue weighted by Crippen LogP contribution is -1.88. The van der Waals surface area contributed by atoms with Crippen molar-refractivity contribution in [2.24, 2.45) is 0 Å². The van der Waals surface area contributed by atoms with Gasteiger partial charge in [0.05, 0.1) is 23.3 Å². The molecule has 0 aliphatic rings. The molecule has 0 spiro atoms. The second kappa shape index (κ2) is 2.83. The zero-order valence-electron chi connectivity index (χ0n) is 8.06. The molecule has 0 amide bonds. The van der Waals surface area contributed by atoms with Crippen molar-refractivity contribution in [1.82, 2.24) is 19.4 Å². The molecule has 3 N–H and O–H groups in total. The van der Waals surface area contributed by atoms with Crippen LogP contribution < -0.4 is 5.73 Å². The Labute approximate surface area is 89.6 Å². The van der Waals surface area contributed by atoms with Crippen molar-refractivity contribution in [3.05, 3.63) is 23.5 Å². The number of H-pyrrole nitrogens is 1. The minimum absolute atomic E-state index is 0.426. The van der Waals surface area contributed by atoms with E-state index >= 15 is 0 Å². The average molecular weight is 219 g/mol. The number of aryl methyl sites for hydroxylation is 1. The average Bonchev–Trinajstić information content (AvgIpc) is 2.81. The normalized spacial score (nSPS) is 11.3. The maximum Gasteiger partial charge on any atom is 0.197 e. The molecule has 3 rings (SSSR count).